The van der Waals surface area contributed by atoms with Crippen LogP contribution in [0, 0.1) is 5.82 Å². The van der Waals surface area contributed by atoms with Crippen LogP contribution in [-0.2, 0) is 11.2 Å². The van der Waals surface area contributed by atoms with Gasteiger partial charge in [0.15, 0.2) is 0 Å². The van der Waals surface area contributed by atoms with E-state index in [9.17, 15) is 9.18 Å². The highest BCUT2D eigenvalue weighted by Gasteiger charge is 2.16. The molecule has 2 aromatic rings. The van der Waals surface area contributed by atoms with Crippen LogP contribution in [0.1, 0.15) is 37.7 Å². The van der Waals surface area contributed by atoms with Crippen molar-refractivity contribution in [1.82, 2.24) is 0 Å². The summed E-state index contributed by atoms with van der Waals surface area (Å²) in [5, 5.41) is 2.88. The Morgan fingerprint density at radius 2 is 1.92 bits per heavy atom. The number of rotatable bonds is 6. The maximum atomic E-state index is 13.1. The van der Waals surface area contributed by atoms with Crippen molar-refractivity contribution in [3.05, 3.63) is 59.9 Å². The number of amides is 1. The van der Waals surface area contributed by atoms with Gasteiger partial charge in [0.1, 0.15) is 11.6 Å². The van der Waals surface area contributed by atoms with Crippen LogP contribution in [0.2, 0.25) is 0 Å². The standard InChI is InChI=1S/C20H22FNO2/c21-16-6-3-5-15(13-16)11-12-20(23)22-17-7-4-10-19(14-17)24-18-8-1-2-9-18/h3-7,10,13-14,18H,1-2,8-9,11-12H2,(H,22,23). The van der Waals surface area contributed by atoms with Gasteiger partial charge in [0.05, 0.1) is 6.10 Å². The molecule has 1 amide bonds. The minimum atomic E-state index is -0.273. The fourth-order valence-electron chi connectivity index (χ4n) is 3.02. The van der Waals surface area contributed by atoms with Crippen molar-refractivity contribution < 1.29 is 13.9 Å². The van der Waals surface area contributed by atoms with Gasteiger partial charge in [-0.05, 0) is 61.9 Å². The van der Waals surface area contributed by atoms with Crippen molar-refractivity contribution in [2.75, 3.05) is 5.32 Å². The summed E-state index contributed by atoms with van der Waals surface area (Å²) in [6.45, 7) is 0. The number of hydrogen-bond acceptors (Lipinski definition) is 2. The minimum Gasteiger partial charge on any atom is -0.490 e. The number of anilines is 1. The van der Waals surface area contributed by atoms with Crippen LogP contribution < -0.4 is 10.1 Å². The molecule has 1 aliphatic carbocycles. The number of ether oxygens (including phenoxy) is 1. The van der Waals surface area contributed by atoms with E-state index in [1.54, 1.807) is 6.07 Å². The van der Waals surface area contributed by atoms with E-state index in [0.29, 0.717) is 18.9 Å². The summed E-state index contributed by atoms with van der Waals surface area (Å²) >= 11 is 0. The zero-order chi connectivity index (χ0) is 16.8. The first-order valence-electron chi connectivity index (χ1n) is 8.50. The largest absolute Gasteiger partial charge is 0.490 e. The average Bonchev–Trinajstić information content (AvgIpc) is 3.06. The van der Waals surface area contributed by atoms with Crippen molar-refractivity contribution >= 4 is 11.6 Å². The highest BCUT2D eigenvalue weighted by molar-refractivity contribution is 5.91. The Hall–Kier alpha value is -2.36. The monoisotopic (exact) mass is 327 g/mol. The first kappa shape index (κ1) is 16.5. The third-order valence-corrected chi connectivity index (χ3v) is 4.25. The van der Waals surface area contributed by atoms with E-state index in [-0.39, 0.29) is 11.7 Å². The van der Waals surface area contributed by atoms with Crippen LogP contribution >= 0.6 is 0 Å². The van der Waals surface area contributed by atoms with Crippen molar-refractivity contribution in [3.63, 3.8) is 0 Å². The molecule has 0 radical (unpaired) electrons. The second kappa shape index (κ2) is 7.95. The van der Waals surface area contributed by atoms with Gasteiger partial charge in [-0.2, -0.15) is 0 Å². The Kier molecular flexibility index (Phi) is 5.47. The first-order chi connectivity index (χ1) is 11.7. The lowest BCUT2D eigenvalue weighted by molar-refractivity contribution is -0.116. The van der Waals surface area contributed by atoms with Gasteiger partial charge in [-0.15, -0.1) is 0 Å². The molecule has 3 rings (SSSR count). The molecular formula is C20H22FNO2. The summed E-state index contributed by atoms with van der Waals surface area (Å²) in [5.41, 5.74) is 1.55. The van der Waals surface area contributed by atoms with Gasteiger partial charge in [0, 0.05) is 18.2 Å². The third kappa shape index (κ3) is 4.82. The summed E-state index contributed by atoms with van der Waals surface area (Å²) in [7, 11) is 0. The van der Waals surface area contributed by atoms with Gasteiger partial charge < -0.3 is 10.1 Å². The Balaban J connectivity index is 1.52. The first-order valence-corrected chi connectivity index (χ1v) is 8.50. The summed E-state index contributed by atoms with van der Waals surface area (Å²) in [4.78, 5) is 12.1. The highest BCUT2D eigenvalue weighted by Crippen LogP contribution is 2.25. The number of aryl methyl sites for hydroxylation is 1. The van der Waals surface area contributed by atoms with E-state index in [1.165, 1.54) is 25.0 Å². The number of carbonyl (C=O) groups excluding carboxylic acids is 1. The van der Waals surface area contributed by atoms with Crippen molar-refractivity contribution in [2.45, 2.75) is 44.6 Å². The topological polar surface area (TPSA) is 38.3 Å². The SMILES string of the molecule is O=C(CCc1cccc(F)c1)Nc1cccc(OC2CCCC2)c1. The molecule has 126 valence electrons. The number of carbonyl (C=O) groups is 1. The van der Waals surface area contributed by atoms with Gasteiger partial charge in [-0.3, -0.25) is 4.79 Å². The van der Waals surface area contributed by atoms with Crippen molar-refractivity contribution in [1.29, 1.82) is 0 Å². The predicted molar refractivity (Wildman–Crippen MR) is 92.7 cm³/mol. The van der Waals surface area contributed by atoms with Crippen molar-refractivity contribution in [2.24, 2.45) is 0 Å². The molecule has 24 heavy (non-hydrogen) atoms. The molecule has 0 heterocycles. The molecule has 0 saturated heterocycles. The Morgan fingerprint density at radius 1 is 1.12 bits per heavy atom. The smallest absolute Gasteiger partial charge is 0.224 e. The number of hydrogen-bond donors (Lipinski definition) is 1. The fraction of sp³-hybridized carbons (Fsp3) is 0.350. The van der Waals surface area contributed by atoms with E-state index < -0.39 is 0 Å². The molecular weight excluding hydrogens is 305 g/mol. The van der Waals surface area contributed by atoms with Crippen LogP contribution in [-0.4, -0.2) is 12.0 Å². The van der Waals surface area contributed by atoms with Crippen molar-refractivity contribution in [3.8, 4) is 5.75 Å². The van der Waals surface area contributed by atoms with Gasteiger partial charge in [0.25, 0.3) is 0 Å². The Morgan fingerprint density at radius 3 is 2.71 bits per heavy atom. The lowest BCUT2D eigenvalue weighted by atomic mass is 10.1. The zero-order valence-electron chi connectivity index (χ0n) is 13.6. The fourth-order valence-corrected chi connectivity index (χ4v) is 3.02. The van der Waals surface area contributed by atoms with Gasteiger partial charge in [0.2, 0.25) is 5.91 Å². The molecule has 0 unspecified atom stereocenters. The van der Waals surface area contributed by atoms with Gasteiger partial charge in [-0.1, -0.05) is 18.2 Å². The molecule has 1 saturated carbocycles. The summed E-state index contributed by atoms with van der Waals surface area (Å²) in [6.07, 6.45) is 5.78. The van der Waals surface area contributed by atoms with E-state index in [4.69, 9.17) is 4.74 Å². The molecule has 2 aromatic carbocycles. The summed E-state index contributed by atoms with van der Waals surface area (Å²) in [6, 6.07) is 13.9. The Labute approximate surface area is 141 Å². The number of benzene rings is 2. The van der Waals surface area contributed by atoms with Crippen LogP contribution in [0.15, 0.2) is 48.5 Å². The van der Waals surface area contributed by atoms with E-state index in [2.05, 4.69) is 5.32 Å². The van der Waals surface area contributed by atoms with Crippen LogP contribution in [0.4, 0.5) is 10.1 Å². The van der Waals surface area contributed by atoms with Crippen LogP contribution in [0.25, 0.3) is 0 Å². The van der Waals surface area contributed by atoms with Gasteiger partial charge >= 0.3 is 0 Å². The zero-order valence-corrected chi connectivity index (χ0v) is 13.6. The molecule has 1 fully saturated rings. The van der Waals surface area contributed by atoms with Crippen LogP contribution in [0.5, 0.6) is 5.75 Å². The molecule has 1 N–H and O–H groups in total. The molecule has 3 nitrogen and oxygen atoms in total. The molecule has 0 aromatic heterocycles. The third-order valence-electron chi connectivity index (χ3n) is 4.25. The molecule has 0 bridgehead atoms. The number of halogens is 1. The number of nitrogens with one attached hydrogen (secondary N) is 1. The molecule has 0 atom stereocenters. The lowest BCUT2D eigenvalue weighted by Gasteiger charge is -2.14. The van der Waals surface area contributed by atoms with E-state index >= 15 is 0 Å². The van der Waals surface area contributed by atoms with Crippen LogP contribution in [0.3, 0.4) is 0 Å². The Bertz CT molecular complexity index is 696. The van der Waals surface area contributed by atoms with E-state index in [0.717, 1.165) is 29.8 Å². The van der Waals surface area contributed by atoms with E-state index in [1.807, 2.05) is 30.3 Å². The maximum absolute atomic E-state index is 13.1. The quantitative estimate of drug-likeness (QED) is 0.834. The molecule has 1 aliphatic rings. The second-order valence-corrected chi connectivity index (χ2v) is 6.23. The minimum absolute atomic E-state index is 0.0859. The average molecular weight is 327 g/mol. The molecule has 0 spiro atoms. The lowest BCUT2D eigenvalue weighted by Crippen LogP contribution is -2.13. The summed E-state index contributed by atoms with van der Waals surface area (Å²) < 4.78 is 19.1. The highest BCUT2D eigenvalue weighted by atomic mass is 19.1. The summed E-state index contributed by atoms with van der Waals surface area (Å²) in [5.74, 6) is 0.437. The molecule has 0 aliphatic heterocycles. The predicted octanol–water partition coefficient (Wildman–Crippen LogP) is 4.72. The second-order valence-electron chi connectivity index (χ2n) is 6.23. The van der Waals surface area contributed by atoms with Gasteiger partial charge in [-0.25, -0.2) is 4.39 Å². The maximum Gasteiger partial charge on any atom is 0.224 e. The normalized spacial score (nSPS) is 14.5. The molecule has 4 heteroatoms.